The number of hydrogen-bond acceptors (Lipinski definition) is 6. The molecular weight excluding hydrogens is 368 g/mol. The lowest BCUT2D eigenvalue weighted by Crippen LogP contribution is -2.34. The SMILES string of the molecule is COc1ncccc1C(=O)NC[C@@H]1Cc2cc(-c3nc(C)cnc3C)ccc2O1. The van der Waals surface area contributed by atoms with Gasteiger partial charge < -0.3 is 14.8 Å². The molecule has 3 heterocycles. The fraction of sp³-hybridized carbons (Fsp3) is 0.273. The van der Waals surface area contributed by atoms with Crippen LogP contribution in [0, 0.1) is 13.8 Å². The van der Waals surface area contributed by atoms with E-state index in [1.807, 2.05) is 26.0 Å². The maximum Gasteiger partial charge on any atom is 0.256 e. The second-order valence-corrected chi connectivity index (χ2v) is 6.98. The van der Waals surface area contributed by atoms with E-state index in [0.717, 1.165) is 34.0 Å². The number of nitrogens with one attached hydrogen (secondary N) is 1. The van der Waals surface area contributed by atoms with Crippen LogP contribution >= 0.6 is 0 Å². The Balaban J connectivity index is 1.44. The Morgan fingerprint density at radius 2 is 2.14 bits per heavy atom. The third kappa shape index (κ3) is 3.89. The number of methoxy groups -OCH3 is 1. The summed E-state index contributed by atoms with van der Waals surface area (Å²) in [5, 5.41) is 2.91. The van der Waals surface area contributed by atoms with Gasteiger partial charge in [-0.05, 0) is 49.7 Å². The summed E-state index contributed by atoms with van der Waals surface area (Å²) in [6.45, 7) is 4.28. The highest BCUT2D eigenvalue weighted by Gasteiger charge is 2.25. The van der Waals surface area contributed by atoms with Gasteiger partial charge in [0.2, 0.25) is 5.88 Å². The fourth-order valence-electron chi connectivity index (χ4n) is 3.42. The first kappa shape index (κ1) is 18.9. The van der Waals surface area contributed by atoms with Crippen molar-refractivity contribution in [3.05, 3.63) is 65.2 Å². The van der Waals surface area contributed by atoms with Crippen molar-refractivity contribution in [1.29, 1.82) is 0 Å². The Kier molecular flexibility index (Phi) is 5.12. The zero-order valence-corrected chi connectivity index (χ0v) is 16.6. The van der Waals surface area contributed by atoms with E-state index in [0.29, 0.717) is 24.4 Å². The molecule has 0 spiro atoms. The highest BCUT2D eigenvalue weighted by molar-refractivity contribution is 5.96. The van der Waals surface area contributed by atoms with Gasteiger partial charge in [0.1, 0.15) is 17.4 Å². The lowest BCUT2D eigenvalue weighted by molar-refractivity contribution is 0.0929. The molecule has 0 unspecified atom stereocenters. The third-order valence-corrected chi connectivity index (χ3v) is 4.85. The number of pyridine rings is 1. The number of carbonyl (C=O) groups is 1. The molecule has 0 fully saturated rings. The molecule has 148 valence electrons. The molecule has 2 aromatic heterocycles. The number of ether oxygens (including phenoxy) is 2. The van der Waals surface area contributed by atoms with Gasteiger partial charge in [0, 0.05) is 24.4 Å². The lowest BCUT2D eigenvalue weighted by atomic mass is 10.0. The van der Waals surface area contributed by atoms with Crippen LogP contribution in [0.5, 0.6) is 11.6 Å². The first-order valence-corrected chi connectivity index (χ1v) is 9.42. The van der Waals surface area contributed by atoms with Gasteiger partial charge in [-0.1, -0.05) is 0 Å². The van der Waals surface area contributed by atoms with Gasteiger partial charge in [-0.3, -0.25) is 9.78 Å². The lowest BCUT2D eigenvalue weighted by Gasteiger charge is -2.12. The van der Waals surface area contributed by atoms with Gasteiger partial charge in [-0.25, -0.2) is 9.97 Å². The highest BCUT2D eigenvalue weighted by atomic mass is 16.5. The van der Waals surface area contributed by atoms with Crippen molar-refractivity contribution in [2.24, 2.45) is 0 Å². The molecular formula is C22H22N4O3. The van der Waals surface area contributed by atoms with Crippen molar-refractivity contribution in [2.75, 3.05) is 13.7 Å². The Labute approximate surface area is 169 Å². The summed E-state index contributed by atoms with van der Waals surface area (Å²) in [7, 11) is 1.49. The van der Waals surface area contributed by atoms with Crippen molar-refractivity contribution in [1.82, 2.24) is 20.3 Å². The smallest absolute Gasteiger partial charge is 0.256 e. The predicted molar refractivity (Wildman–Crippen MR) is 108 cm³/mol. The molecule has 1 N–H and O–H groups in total. The van der Waals surface area contributed by atoms with Crippen LogP contribution < -0.4 is 14.8 Å². The summed E-state index contributed by atoms with van der Waals surface area (Å²) in [6.07, 6.45) is 3.94. The summed E-state index contributed by atoms with van der Waals surface area (Å²) in [4.78, 5) is 25.5. The molecule has 1 aromatic carbocycles. The molecule has 0 saturated heterocycles. The number of nitrogens with zero attached hydrogens (tertiary/aromatic N) is 3. The maximum atomic E-state index is 12.5. The average Bonchev–Trinajstić information content (AvgIpc) is 3.15. The molecule has 4 rings (SSSR count). The van der Waals surface area contributed by atoms with E-state index in [2.05, 4.69) is 26.3 Å². The molecule has 1 atom stereocenters. The van der Waals surface area contributed by atoms with Crippen LogP contribution in [-0.2, 0) is 6.42 Å². The molecule has 0 aliphatic carbocycles. The van der Waals surface area contributed by atoms with E-state index in [1.165, 1.54) is 7.11 Å². The Morgan fingerprint density at radius 1 is 1.28 bits per heavy atom. The number of amides is 1. The van der Waals surface area contributed by atoms with Gasteiger partial charge in [-0.15, -0.1) is 0 Å². The Hall–Kier alpha value is -3.48. The highest BCUT2D eigenvalue weighted by Crippen LogP contribution is 2.33. The number of fused-ring (bicyclic) bond motifs is 1. The minimum atomic E-state index is -0.235. The normalized spacial score (nSPS) is 14.8. The van der Waals surface area contributed by atoms with Crippen LogP contribution in [0.1, 0.15) is 27.3 Å². The molecule has 1 amide bonds. The standard InChI is InChI=1S/C22H22N4O3/c1-13-11-24-14(2)20(26-13)15-6-7-19-16(9-15)10-17(29-19)12-25-21(27)18-5-4-8-23-22(18)28-3/h4-9,11,17H,10,12H2,1-3H3,(H,25,27)/t17-/m0/s1. The number of benzene rings is 1. The van der Waals surface area contributed by atoms with Crippen molar-refractivity contribution in [2.45, 2.75) is 26.4 Å². The first-order valence-electron chi connectivity index (χ1n) is 9.42. The van der Waals surface area contributed by atoms with E-state index in [9.17, 15) is 4.79 Å². The van der Waals surface area contributed by atoms with Crippen LogP contribution in [-0.4, -0.2) is 40.6 Å². The van der Waals surface area contributed by atoms with E-state index in [1.54, 1.807) is 24.5 Å². The molecule has 3 aromatic rings. The predicted octanol–water partition coefficient (Wildman–Crippen LogP) is 2.90. The second kappa shape index (κ2) is 7.87. The summed E-state index contributed by atoms with van der Waals surface area (Å²) >= 11 is 0. The zero-order valence-electron chi connectivity index (χ0n) is 16.6. The van der Waals surface area contributed by atoms with Crippen LogP contribution in [0.2, 0.25) is 0 Å². The van der Waals surface area contributed by atoms with Crippen molar-refractivity contribution < 1.29 is 14.3 Å². The second-order valence-electron chi connectivity index (χ2n) is 6.98. The fourth-order valence-corrected chi connectivity index (χ4v) is 3.42. The van der Waals surface area contributed by atoms with Crippen LogP contribution in [0.25, 0.3) is 11.3 Å². The number of aryl methyl sites for hydroxylation is 2. The summed E-state index contributed by atoms with van der Waals surface area (Å²) in [5.41, 5.74) is 5.18. The monoisotopic (exact) mass is 390 g/mol. The molecule has 0 bridgehead atoms. The Morgan fingerprint density at radius 3 is 2.97 bits per heavy atom. The van der Waals surface area contributed by atoms with Gasteiger partial charge >= 0.3 is 0 Å². The minimum Gasteiger partial charge on any atom is -0.488 e. The maximum absolute atomic E-state index is 12.5. The quantitative estimate of drug-likeness (QED) is 0.721. The van der Waals surface area contributed by atoms with Crippen LogP contribution in [0.4, 0.5) is 0 Å². The number of carbonyl (C=O) groups excluding carboxylic acids is 1. The van der Waals surface area contributed by atoms with Gasteiger partial charge in [0.05, 0.1) is 30.7 Å². The molecule has 0 radical (unpaired) electrons. The molecule has 0 saturated carbocycles. The summed E-state index contributed by atoms with van der Waals surface area (Å²) in [5.74, 6) is 0.908. The van der Waals surface area contributed by atoms with Crippen molar-refractivity contribution >= 4 is 5.91 Å². The van der Waals surface area contributed by atoms with Crippen LogP contribution in [0.3, 0.4) is 0 Å². The van der Waals surface area contributed by atoms with Crippen molar-refractivity contribution in [3.8, 4) is 22.9 Å². The molecule has 7 nitrogen and oxygen atoms in total. The van der Waals surface area contributed by atoms with E-state index in [4.69, 9.17) is 9.47 Å². The van der Waals surface area contributed by atoms with Gasteiger partial charge in [0.15, 0.2) is 0 Å². The molecule has 29 heavy (non-hydrogen) atoms. The van der Waals surface area contributed by atoms with E-state index >= 15 is 0 Å². The van der Waals surface area contributed by atoms with Gasteiger partial charge in [-0.2, -0.15) is 0 Å². The van der Waals surface area contributed by atoms with E-state index < -0.39 is 0 Å². The topological polar surface area (TPSA) is 86.2 Å². The van der Waals surface area contributed by atoms with E-state index in [-0.39, 0.29) is 12.0 Å². The molecule has 1 aliphatic rings. The molecule has 7 heteroatoms. The summed E-state index contributed by atoms with van der Waals surface area (Å²) in [6, 6.07) is 9.44. The number of rotatable bonds is 5. The van der Waals surface area contributed by atoms with Gasteiger partial charge in [0.25, 0.3) is 5.91 Å². The van der Waals surface area contributed by atoms with Crippen molar-refractivity contribution in [3.63, 3.8) is 0 Å². The molecule has 1 aliphatic heterocycles. The Bertz CT molecular complexity index is 1070. The largest absolute Gasteiger partial charge is 0.488 e. The average molecular weight is 390 g/mol. The number of aromatic nitrogens is 3. The number of hydrogen-bond donors (Lipinski definition) is 1. The third-order valence-electron chi connectivity index (χ3n) is 4.85. The minimum absolute atomic E-state index is 0.128. The zero-order chi connectivity index (χ0) is 20.4. The first-order chi connectivity index (χ1) is 14.0. The summed E-state index contributed by atoms with van der Waals surface area (Å²) < 4.78 is 11.1. The van der Waals surface area contributed by atoms with Crippen LogP contribution in [0.15, 0.2) is 42.7 Å².